The van der Waals surface area contributed by atoms with Crippen molar-refractivity contribution < 1.29 is 0 Å². The maximum atomic E-state index is 6.01. The second-order valence-corrected chi connectivity index (χ2v) is 6.55. The zero-order chi connectivity index (χ0) is 15.2. The molecule has 21 heavy (non-hydrogen) atoms. The number of anilines is 2. The lowest BCUT2D eigenvalue weighted by Crippen LogP contribution is -2.22. The fourth-order valence-electron chi connectivity index (χ4n) is 1.98. The first-order chi connectivity index (χ1) is 10.1. The number of hydrogen-bond donors (Lipinski definition) is 2. The molecule has 0 spiro atoms. The fraction of sp³-hybridized carbons (Fsp3) is 0.500. The molecule has 0 aliphatic carbocycles. The van der Waals surface area contributed by atoms with Gasteiger partial charge < -0.3 is 11.1 Å². The van der Waals surface area contributed by atoms with E-state index in [1.165, 1.54) is 4.88 Å². The summed E-state index contributed by atoms with van der Waals surface area (Å²) in [6.45, 7) is 3.95. The third kappa shape index (κ3) is 4.82. The lowest BCUT2D eigenvalue weighted by molar-refractivity contribution is 0.629. The normalized spacial score (nSPS) is 13.9. The van der Waals surface area contributed by atoms with Crippen LogP contribution in [0.5, 0.6) is 0 Å². The molecule has 5 nitrogen and oxygen atoms in total. The van der Waals surface area contributed by atoms with E-state index in [1.807, 2.05) is 6.92 Å². The summed E-state index contributed by atoms with van der Waals surface area (Å²) in [5.41, 5.74) is 5.71. The number of rotatable bonds is 7. The van der Waals surface area contributed by atoms with Crippen LogP contribution in [0.15, 0.2) is 17.5 Å². The Balaban J connectivity index is 2.00. The summed E-state index contributed by atoms with van der Waals surface area (Å²) in [7, 11) is 0. The number of halogens is 1. The second kappa shape index (κ2) is 7.56. The predicted molar refractivity (Wildman–Crippen MR) is 88.8 cm³/mol. The third-order valence-corrected chi connectivity index (χ3v) is 4.30. The van der Waals surface area contributed by atoms with Crippen molar-refractivity contribution in [1.29, 1.82) is 0 Å². The second-order valence-electron chi connectivity index (χ2n) is 4.86. The van der Waals surface area contributed by atoms with Crippen molar-refractivity contribution in [3.63, 3.8) is 0 Å². The molecule has 0 saturated carbocycles. The molecule has 0 bridgehead atoms. The maximum Gasteiger partial charge on any atom is 0.228 e. The molecule has 3 N–H and O–H groups in total. The molecule has 0 aliphatic heterocycles. The van der Waals surface area contributed by atoms with Crippen LogP contribution in [-0.2, 0) is 6.42 Å². The summed E-state index contributed by atoms with van der Waals surface area (Å²) >= 11 is 7.80. The Kier molecular flexibility index (Phi) is 5.76. The quantitative estimate of drug-likeness (QED) is 0.760. The van der Waals surface area contributed by atoms with Crippen molar-refractivity contribution in [3.05, 3.63) is 28.2 Å². The molecule has 0 radical (unpaired) electrons. The summed E-state index contributed by atoms with van der Waals surface area (Å²) < 4.78 is 0. The van der Waals surface area contributed by atoms with Gasteiger partial charge in [0, 0.05) is 10.9 Å². The Bertz CT molecular complexity index is 558. The molecule has 2 aromatic heterocycles. The molecule has 0 aliphatic rings. The van der Waals surface area contributed by atoms with Crippen LogP contribution < -0.4 is 11.1 Å². The van der Waals surface area contributed by atoms with Gasteiger partial charge in [0.25, 0.3) is 0 Å². The summed E-state index contributed by atoms with van der Waals surface area (Å²) in [6, 6.07) is 4.54. The molecule has 2 heterocycles. The van der Waals surface area contributed by atoms with Crippen molar-refractivity contribution in [2.45, 2.75) is 44.5 Å². The number of hydrogen-bond acceptors (Lipinski definition) is 6. The van der Waals surface area contributed by atoms with E-state index < -0.39 is 0 Å². The Morgan fingerprint density at radius 2 is 2.19 bits per heavy atom. The van der Waals surface area contributed by atoms with Crippen LogP contribution in [0.2, 0.25) is 0 Å². The van der Waals surface area contributed by atoms with Crippen LogP contribution in [0.25, 0.3) is 0 Å². The van der Waals surface area contributed by atoms with Crippen molar-refractivity contribution in [3.8, 4) is 0 Å². The number of nitrogens with zero attached hydrogens (tertiary/aromatic N) is 3. The first-order valence-corrected chi connectivity index (χ1v) is 8.34. The van der Waals surface area contributed by atoms with Gasteiger partial charge in [0.05, 0.1) is 5.38 Å². The van der Waals surface area contributed by atoms with E-state index in [0.29, 0.717) is 17.8 Å². The number of nitrogens with two attached hydrogens (primary N) is 1. The number of nitrogen functional groups attached to an aromatic ring is 1. The lowest BCUT2D eigenvalue weighted by atomic mass is 10.1. The Hall–Kier alpha value is -1.40. The molecular formula is C14H20ClN5S. The highest BCUT2D eigenvalue weighted by Crippen LogP contribution is 2.19. The molecule has 2 rings (SSSR count). The molecule has 0 amide bonds. The van der Waals surface area contributed by atoms with Crippen LogP contribution in [0.4, 0.5) is 11.9 Å². The van der Waals surface area contributed by atoms with Gasteiger partial charge in [-0.15, -0.1) is 22.9 Å². The molecule has 0 aromatic carbocycles. The minimum absolute atomic E-state index is 0.197. The van der Waals surface area contributed by atoms with Gasteiger partial charge in [0.2, 0.25) is 11.9 Å². The van der Waals surface area contributed by atoms with Gasteiger partial charge in [-0.1, -0.05) is 13.0 Å². The first-order valence-electron chi connectivity index (χ1n) is 7.03. The molecular weight excluding hydrogens is 306 g/mol. The number of aromatic nitrogens is 3. The topological polar surface area (TPSA) is 76.7 Å². The van der Waals surface area contributed by atoms with Gasteiger partial charge >= 0.3 is 0 Å². The van der Waals surface area contributed by atoms with Gasteiger partial charge in [-0.25, -0.2) is 0 Å². The smallest absolute Gasteiger partial charge is 0.228 e. The van der Waals surface area contributed by atoms with Gasteiger partial charge in [0.1, 0.15) is 0 Å². The minimum atomic E-state index is -0.290. The summed E-state index contributed by atoms with van der Waals surface area (Å²) in [5.74, 6) is 1.20. The van der Waals surface area contributed by atoms with E-state index >= 15 is 0 Å². The third-order valence-electron chi connectivity index (χ3n) is 3.17. The van der Waals surface area contributed by atoms with Crippen molar-refractivity contribution in [2.24, 2.45) is 0 Å². The zero-order valence-corrected chi connectivity index (χ0v) is 13.8. The highest BCUT2D eigenvalue weighted by Gasteiger charge is 2.13. The minimum Gasteiger partial charge on any atom is -0.368 e. The Morgan fingerprint density at radius 3 is 2.81 bits per heavy atom. The van der Waals surface area contributed by atoms with E-state index in [2.05, 4.69) is 44.7 Å². The van der Waals surface area contributed by atoms with Crippen LogP contribution in [0, 0.1) is 0 Å². The monoisotopic (exact) mass is 325 g/mol. The van der Waals surface area contributed by atoms with E-state index in [4.69, 9.17) is 17.3 Å². The molecule has 2 aromatic rings. The first kappa shape index (κ1) is 16.0. The standard InChI is InChI=1S/C14H20ClN5S/c1-3-10(6-7-11-5-4-8-21-11)17-14-19-12(9(2)15)18-13(16)20-14/h4-5,8-10H,3,6-7H2,1-2H3,(H3,16,17,18,19,20). The van der Waals surface area contributed by atoms with Gasteiger partial charge in [-0.05, 0) is 37.6 Å². The average Bonchev–Trinajstić information content (AvgIpc) is 2.96. The highest BCUT2D eigenvalue weighted by molar-refractivity contribution is 7.09. The molecule has 2 unspecified atom stereocenters. The lowest BCUT2D eigenvalue weighted by Gasteiger charge is -2.17. The predicted octanol–water partition coefficient (Wildman–Crippen LogP) is 3.64. The number of nitrogens with one attached hydrogen (secondary N) is 1. The molecule has 7 heteroatoms. The van der Waals surface area contributed by atoms with Crippen LogP contribution in [0.3, 0.4) is 0 Å². The molecule has 2 atom stereocenters. The Labute approximate surface area is 134 Å². The Morgan fingerprint density at radius 1 is 1.38 bits per heavy atom. The van der Waals surface area contributed by atoms with Gasteiger partial charge in [0.15, 0.2) is 5.82 Å². The van der Waals surface area contributed by atoms with Crippen molar-refractivity contribution in [1.82, 2.24) is 15.0 Å². The van der Waals surface area contributed by atoms with Crippen molar-refractivity contribution >= 4 is 34.8 Å². The van der Waals surface area contributed by atoms with E-state index in [1.54, 1.807) is 11.3 Å². The van der Waals surface area contributed by atoms with Crippen LogP contribution in [-0.4, -0.2) is 21.0 Å². The molecule has 0 fully saturated rings. The van der Waals surface area contributed by atoms with E-state index in [-0.39, 0.29) is 11.3 Å². The number of alkyl halides is 1. The fourth-order valence-corrected chi connectivity index (χ4v) is 2.81. The summed E-state index contributed by atoms with van der Waals surface area (Å²) in [5, 5.41) is 5.14. The average molecular weight is 326 g/mol. The summed E-state index contributed by atoms with van der Waals surface area (Å²) in [6.07, 6.45) is 3.06. The van der Waals surface area contributed by atoms with Crippen LogP contribution >= 0.6 is 22.9 Å². The number of aryl methyl sites for hydroxylation is 1. The van der Waals surface area contributed by atoms with Gasteiger partial charge in [-0.3, -0.25) is 0 Å². The molecule has 114 valence electrons. The van der Waals surface area contributed by atoms with E-state index in [0.717, 1.165) is 19.3 Å². The SMILES string of the molecule is CCC(CCc1cccs1)Nc1nc(N)nc(C(C)Cl)n1. The zero-order valence-electron chi connectivity index (χ0n) is 12.2. The highest BCUT2D eigenvalue weighted by atomic mass is 35.5. The van der Waals surface area contributed by atoms with Gasteiger partial charge in [-0.2, -0.15) is 15.0 Å². The number of thiophene rings is 1. The maximum absolute atomic E-state index is 6.01. The molecule has 0 saturated heterocycles. The largest absolute Gasteiger partial charge is 0.368 e. The van der Waals surface area contributed by atoms with Crippen molar-refractivity contribution in [2.75, 3.05) is 11.1 Å². The van der Waals surface area contributed by atoms with E-state index in [9.17, 15) is 0 Å². The summed E-state index contributed by atoms with van der Waals surface area (Å²) in [4.78, 5) is 13.9. The van der Waals surface area contributed by atoms with Crippen LogP contribution in [0.1, 0.15) is 42.8 Å².